The maximum Gasteiger partial charge on any atom is 0.172 e. The van der Waals surface area contributed by atoms with Crippen LogP contribution < -0.4 is 0 Å². The molecule has 0 radical (unpaired) electrons. The first-order valence-corrected chi connectivity index (χ1v) is 32.0. The molecule has 15 aromatic heterocycles. The summed E-state index contributed by atoms with van der Waals surface area (Å²) in [5.74, 6) is 0. The minimum absolute atomic E-state index is 0.810. The zero-order valence-corrected chi connectivity index (χ0v) is 50.4. The summed E-state index contributed by atoms with van der Waals surface area (Å²) in [6.45, 7) is 0. The van der Waals surface area contributed by atoms with Crippen LogP contribution in [0.1, 0.15) is 0 Å². The number of H-pyrrole nitrogens is 5. The Balaban J connectivity index is 0.0000000913. The Hall–Kier alpha value is -10.3. The van der Waals surface area contributed by atoms with Gasteiger partial charge < -0.3 is 47.0 Å². The Kier molecular flexibility index (Phi) is 17.5. The molecule has 0 aliphatic heterocycles. The third-order valence-electron chi connectivity index (χ3n) is 13.8. The Morgan fingerprint density at radius 2 is 0.667 bits per heavy atom. The number of rotatable bonds is 0. The zero-order valence-electron chi connectivity index (χ0n) is 46.3. The number of aromatic nitrogens is 5. The monoisotopic (exact) mass is 1230 g/mol. The van der Waals surface area contributed by atoms with Crippen LogP contribution in [0.2, 0.25) is 0 Å². The maximum atomic E-state index is 5.65. The number of nitrogens with one attached hydrogen (secondary N) is 5. The van der Waals surface area contributed by atoms with Crippen LogP contribution >= 0.6 is 56.7 Å². The van der Waals surface area contributed by atoms with Gasteiger partial charge in [-0.15, -0.1) is 56.7 Å². The molecule has 0 saturated carbocycles. The molecular weight excluding hydrogens is 1180 g/mol. The van der Waals surface area contributed by atoms with E-state index in [1.54, 1.807) is 82.5 Å². The molecule has 0 aliphatic carbocycles. The van der Waals surface area contributed by atoms with Crippen LogP contribution in [0.5, 0.6) is 0 Å². The van der Waals surface area contributed by atoms with Crippen LogP contribution in [0.4, 0.5) is 0 Å². The molecule has 0 atom stereocenters. The third kappa shape index (κ3) is 13.3. The third-order valence-corrected chi connectivity index (χ3v) is 18.6. The SMILES string of the molecule is c1cc2[nH]ccc2[nH]1.c1cc2occc2[nH]1.c1cc2occc2o1.c1cc2sccc2[nH]1.c1cc2sccc2o1.c1cc2sccc2s1.c1ccc2c(c1)[nH]c1ccccc12.c1ccc2c(c1)oc1ccccc12.c1ccc2c(c1)sc1ccccc12. The highest BCUT2D eigenvalue weighted by Gasteiger charge is 2.05. The average molecular weight is 1230 g/mol. The second-order valence-corrected chi connectivity index (χ2v) is 24.1. The van der Waals surface area contributed by atoms with E-state index in [4.69, 9.17) is 22.1 Å². The number of aromatic amines is 5. The first-order chi connectivity index (χ1) is 43.1. The van der Waals surface area contributed by atoms with E-state index < -0.39 is 0 Å². The van der Waals surface area contributed by atoms with Crippen molar-refractivity contribution in [2.45, 2.75) is 0 Å². The van der Waals surface area contributed by atoms with E-state index >= 15 is 0 Å². The van der Waals surface area contributed by atoms with Crippen LogP contribution in [0.3, 0.4) is 0 Å². The Bertz CT molecular complexity index is 4330. The summed E-state index contributed by atoms with van der Waals surface area (Å²) in [6, 6.07) is 73.9. The number of hydrogen-bond acceptors (Lipinski definition) is 10. The molecule has 0 spiro atoms. The Morgan fingerprint density at radius 3 is 1.26 bits per heavy atom. The molecule has 0 aliphatic rings. The van der Waals surface area contributed by atoms with Crippen molar-refractivity contribution in [3.05, 3.63) is 290 Å². The summed E-state index contributed by atoms with van der Waals surface area (Å²) < 4.78 is 33.8. The predicted octanol–water partition coefficient (Wildman–Crippen LogP) is 23.9. The molecule has 21 aromatic rings. The van der Waals surface area contributed by atoms with E-state index in [1.165, 1.54) is 88.1 Å². The van der Waals surface area contributed by atoms with Gasteiger partial charge in [0.2, 0.25) is 0 Å². The summed E-state index contributed by atoms with van der Waals surface area (Å²) in [6.07, 6.45) is 14.2. The number of thiophene rings is 5. The van der Waals surface area contributed by atoms with E-state index in [9.17, 15) is 0 Å². The molecule has 15 heterocycles. The highest BCUT2D eigenvalue weighted by molar-refractivity contribution is 7.26. The van der Waals surface area contributed by atoms with Gasteiger partial charge in [-0.2, -0.15) is 0 Å². The lowest BCUT2D eigenvalue weighted by atomic mass is 10.2. The first-order valence-electron chi connectivity index (χ1n) is 27.7. The lowest BCUT2D eigenvalue weighted by Crippen LogP contribution is -1.62. The van der Waals surface area contributed by atoms with Crippen LogP contribution in [-0.2, 0) is 0 Å². The molecule has 0 unspecified atom stereocenters. The largest absolute Gasteiger partial charge is 0.463 e. The van der Waals surface area contributed by atoms with Crippen LogP contribution in [-0.4, -0.2) is 24.9 Å². The van der Waals surface area contributed by atoms with E-state index in [0.29, 0.717) is 0 Å². The molecule has 5 N–H and O–H groups in total. The summed E-state index contributed by atoms with van der Waals surface area (Å²) >= 11 is 8.93. The minimum atomic E-state index is 0.810. The number of benzene rings is 6. The fourth-order valence-corrected chi connectivity index (χ4v) is 14.0. The van der Waals surface area contributed by atoms with Crippen molar-refractivity contribution in [1.29, 1.82) is 0 Å². The van der Waals surface area contributed by atoms with Crippen molar-refractivity contribution < 1.29 is 22.1 Å². The normalized spacial score (nSPS) is 10.8. The van der Waals surface area contributed by atoms with Gasteiger partial charge in [0.15, 0.2) is 16.7 Å². The van der Waals surface area contributed by atoms with E-state index in [1.807, 2.05) is 114 Å². The Morgan fingerprint density at radius 1 is 0.230 bits per heavy atom. The lowest BCUT2D eigenvalue weighted by molar-refractivity contribution is 0.609. The van der Waals surface area contributed by atoms with Gasteiger partial charge in [0.1, 0.15) is 16.7 Å². The lowest BCUT2D eigenvalue weighted by Gasteiger charge is -1.88. The quantitative estimate of drug-likeness (QED) is 0.103. The van der Waals surface area contributed by atoms with Gasteiger partial charge in [0.05, 0.1) is 56.5 Å². The highest BCUT2D eigenvalue weighted by atomic mass is 32.1. The second kappa shape index (κ2) is 27.2. The number of fused-ring (bicyclic) bond motifs is 15. The maximum absolute atomic E-state index is 5.65. The van der Waals surface area contributed by atoms with Crippen molar-refractivity contribution in [3.63, 3.8) is 0 Å². The van der Waals surface area contributed by atoms with Crippen molar-refractivity contribution in [3.8, 4) is 0 Å². The van der Waals surface area contributed by atoms with E-state index in [-0.39, 0.29) is 0 Å². The van der Waals surface area contributed by atoms with E-state index in [0.717, 1.165) is 39.0 Å². The predicted molar refractivity (Wildman–Crippen MR) is 371 cm³/mol. The molecule has 0 amide bonds. The number of para-hydroxylation sites is 4. The molecule has 10 nitrogen and oxygen atoms in total. The number of hydrogen-bond donors (Lipinski definition) is 5. The molecule has 426 valence electrons. The molecule has 87 heavy (non-hydrogen) atoms. The minimum Gasteiger partial charge on any atom is -0.463 e. The van der Waals surface area contributed by atoms with Crippen LogP contribution in [0.15, 0.2) is 312 Å². The van der Waals surface area contributed by atoms with Crippen molar-refractivity contribution in [2.24, 2.45) is 0 Å². The summed E-state index contributed by atoms with van der Waals surface area (Å²) in [7, 11) is 0. The van der Waals surface area contributed by atoms with E-state index in [2.05, 4.69) is 175 Å². The van der Waals surface area contributed by atoms with Crippen LogP contribution in [0, 0.1) is 0 Å². The molecule has 15 heteroatoms. The second-order valence-electron chi connectivity index (χ2n) is 19.2. The first kappa shape index (κ1) is 55.9. The summed E-state index contributed by atoms with van der Waals surface area (Å²) in [5, 5.41) is 16.1. The fraction of sp³-hybridized carbons (Fsp3) is 0. The molecule has 0 saturated heterocycles. The Labute approximate surface area is 516 Å². The summed E-state index contributed by atoms with van der Waals surface area (Å²) in [5.41, 5.74) is 12.5. The molecular formula is C72H53N5O5S5. The van der Waals surface area contributed by atoms with Gasteiger partial charge in [0, 0.05) is 105 Å². The molecule has 0 bridgehead atoms. The van der Waals surface area contributed by atoms with Gasteiger partial charge >= 0.3 is 0 Å². The average Bonchev–Trinajstić information content (AvgIpc) is 2.75. The standard InChI is InChI=1S/C12H9N.C12H8O.C12H8S.C6H6N2.C6H5NO.C6H5NS.C6H4O2.C6H4OS.C6H4S2/c3*1-3-7-11-9(5-1)10-6-2-4-8-12(10)13-11;1-3-7-6-2-4-8-5(1)6;2*1-3-7-5-2-4-8-6(1)5;1-3-7-6-2-4-8-5(1)6;1-3-7-5-2-4-8-6(1)5;1-3-7-6-2-4-8-5(1)6/h1-8,13H;2*1-8H;1-4,7-8H;2*1-4,7H;3*1-4H. The van der Waals surface area contributed by atoms with Crippen LogP contribution in [0.25, 0.3) is 127 Å². The topological polar surface area (TPSA) is 145 Å². The van der Waals surface area contributed by atoms with Gasteiger partial charge in [-0.25, -0.2) is 0 Å². The summed E-state index contributed by atoms with van der Waals surface area (Å²) in [4.78, 5) is 15.6. The van der Waals surface area contributed by atoms with Gasteiger partial charge in [-0.05, 0) is 113 Å². The smallest absolute Gasteiger partial charge is 0.172 e. The van der Waals surface area contributed by atoms with Gasteiger partial charge in [-0.1, -0.05) is 109 Å². The zero-order chi connectivity index (χ0) is 58.4. The fourth-order valence-electron chi connectivity index (χ4n) is 9.65. The molecule has 0 fully saturated rings. The van der Waals surface area contributed by atoms with Crippen molar-refractivity contribution in [2.75, 3.05) is 0 Å². The van der Waals surface area contributed by atoms with Crippen molar-refractivity contribution in [1.82, 2.24) is 24.9 Å². The van der Waals surface area contributed by atoms with Gasteiger partial charge in [0.25, 0.3) is 0 Å². The van der Waals surface area contributed by atoms with Crippen molar-refractivity contribution >= 4 is 184 Å². The number of furan rings is 5. The molecule has 6 aromatic carbocycles. The highest BCUT2D eigenvalue weighted by Crippen LogP contribution is 2.33. The van der Waals surface area contributed by atoms with Gasteiger partial charge in [-0.3, -0.25) is 0 Å². The molecule has 21 rings (SSSR count).